The van der Waals surface area contributed by atoms with Crippen LogP contribution in [-0.4, -0.2) is 65.3 Å². The summed E-state index contributed by atoms with van der Waals surface area (Å²) in [6, 6.07) is 16.0. The van der Waals surface area contributed by atoms with E-state index in [4.69, 9.17) is 0 Å². The lowest BCUT2D eigenvalue weighted by atomic mass is 10.2. The first-order chi connectivity index (χ1) is 14.1. The first-order valence-electron chi connectivity index (χ1n) is 10.2. The maximum Gasteiger partial charge on any atom is 0.256 e. The molecule has 2 aliphatic heterocycles. The van der Waals surface area contributed by atoms with Crippen LogP contribution in [-0.2, 0) is 11.3 Å². The van der Waals surface area contributed by atoms with E-state index >= 15 is 0 Å². The smallest absolute Gasteiger partial charge is 0.256 e. The standard InChI is InChI=1S/C23H26FN3O2/c24-20-10-5-4-9-19(20)22(28)26-13-6-12-25(15-16-26)21-11-14-27(23(21)29)17-18-7-2-1-3-8-18/h1-5,7-10,21H,6,11-17H2. The van der Waals surface area contributed by atoms with E-state index in [2.05, 4.69) is 4.90 Å². The molecule has 4 rings (SSSR count). The van der Waals surface area contributed by atoms with E-state index in [1.54, 1.807) is 17.0 Å². The van der Waals surface area contributed by atoms with Crippen molar-refractivity contribution in [2.24, 2.45) is 0 Å². The number of nitrogens with zero attached hydrogens (tertiary/aromatic N) is 3. The molecule has 0 bridgehead atoms. The van der Waals surface area contributed by atoms with Gasteiger partial charge in [0.1, 0.15) is 5.82 Å². The van der Waals surface area contributed by atoms with Crippen LogP contribution in [0.25, 0.3) is 0 Å². The maximum atomic E-state index is 14.0. The van der Waals surface area contributed by atoms with E-state index in [1.807, 2.05) is 35.2 Å². The highest BCUT2D eigenvalue weighted by molar-refractivity contribution is 5.94. The highest BCUT2D eigenvalue weighted by Crippen LogP contribution is 2.22. The Hall–Kier alpha value is -2.73. The molecule has 0 aliphatic carbocycles. The fraction of sp³-hybridized carbons (Fsp3) is 0.391. The molecule has 2 fully saturated rings. The normalized spacial score (nSPS) is 20.7. The summed E-state index contributed by atoms with van der Waals surface area (Å²) < 4.78 is 14.0. The van der Waals surface area contributed by atoms with E-state index in [9.17, 15) is 14.0 Å². The third-order valence-corrected chi connectivity index (χ3v) is 5.85. The molecule has 29 heavy (non-hydrogen) atoms. The third-order valence-electron chi connectivity index (χ3n) is 5.85. The molecule has 1 atom stereocenters. The summed E-state index contributed by atoms with van der Waals surface area (Å²) in [5.41, 5.74) is 1.26. The Morgan fingerprint density at radius 1 is 0.931 bits per heavy atom. The molecule has 2 saturated heterocycles. The summed E-state index contributed by atoms with van der Waals surface area (Å²) >= 11 is 0. The number of benzene rings is 2. The van der Waals surface area contributed by atoms with Crippen LogP contribution in [0.15, 0.2) is 54.6 Å². The van der Waals surface area contributed by atoms with E-state index in [-0.39, 0.29) is 23.4 Å². The van der Waals surface area contributed by atoms with E-state index in [0.717, 1.165) is 31.5 Å². The summed E-state index contributed by atoms with van der Waals surface area (Å²) in [5, 5.41) is 0. The number of hydrogen-bond acceptors (Lipinski definition) is 3. The van der Waals surface area contributed by atoms with Crippen LogP contribution >= 0.6 is 0 Å². The van der Waals surface area contributed by atoms with Crippen molar-refractivity contribution in [2.45, 2.75) is 25.4 Å². The SMILES string of the molecule is O=C(c1ccccc1F)N1CCCN(C2CCN(Cc3ccccc3)C2=O)CC1. The Labute approximate surface area is 170 Å². The van der Waals surface area contributed by atoms with Crippen molar-refractivity contribution in [3.05, 3.63) is 71.5 Å². The summed E-state index contributed by atoms with van der Waals surface area (Å²) in [7, 11) is 0. The van der Waals surface area contributed by atoms with Crippen molar-refractivity contribution in [1.29, 1.82) is 0 Å². The van der Waals surface area contributed by atoms with Crippen molar-refractivity contribution < 1.29 is 14.0 Å². The minimum atomic E-state index is -0.485. The van der Waals surface area contributed by atoms with Crippen molar-refractivity contribution >= 4 is 11.8 Å². The quantitative estimate of drug-likeness (QED) is 0.800. The second kappa shape index (κ2) is 8.74. The van der Waals surface area contributed by atoms with Crippen LogP contribution in [0.1, 0.15) is 28.8 Å². The average molecular weight is 395 g/mol. The van der Waals surface area contributed by atoms with Gasteiger partial charge in [-0.3, -0.25) is 14.5 Å². The highest BCUT2D eigenvalue weighted by atomic mass is 19.1. The molecule has 2 aliphatic rings. The van der Waals surface area contributed by atoms with E-state index < -0.39 is 5.82 Å². The average Bonchev–Trinajstić information content (AvgIpc) is 2.94. The topological polar surface area (TPSA) is 43.9 Å². The Bertz CT molecular complexity index is 873. The molecule has 2 amide bonds. The molecule has 5 nitrogen and oxygen atoms in total. The van der Waals surface area contributed by atoms with Gasteiger partial charge in [-0.05, 0) is 30.5 Å². The lowest BCUT2D eigenvalue weighted by Crippen LogP contribution is -2.44. The number of rotatable bonds is 4. The van der Waals surface area contributed by atoms with Gasteiger partial charge in [0.05, 0.1) is 11.6 Å². The summed E-state index contributed by atoms with van der Waals surface area (Å²) in [6.45, 7) is 3.90. The zero-order chi connectivity index (χ0) is 20.2. The number of carbonyl (C=O) groups excluding carboxylic acids is 2. The molecule has 2 aromatic carbocycles. The monoisotopic (exact) mass is 395 g/mol. The molecule has 1 unspecified atom stereocenters. The van der Waals surface area contributed by atoms with Gasteiger partial charge < -0.3 is 9.80 Å². The molecule has 152 valence electrons. The molecule has 0 spiro atoms. The Morgan fingerprint density at radius 2 is 1.69 bits per heavy atom. The molecule has 0 radical (unpaired) electrons. The number of amides is 2. The zero-order valence-electron chi connectivity index (χ0n) is 16.5. The summed E-state index contributed by atoms with van der Waals surface area (Å²) in [5.74, 6) is -0.586. The van der Waals surface area contributed by atoms with Crippen molar-refractivity contribution in [1.82, 2.24) is 14.7 Å². The van der Waals surface area contributed by atoms with Crippen molar-refractivity contribution in [3.63, 3.8) is 0 Å². The lowest BCUT2D eigenvalue weighted by Gasteiger charge is -2.26. The largest absolute Gasteiger partial charge is 0.337 e. The minimum Gasteiger partial charge on any atom is -0.337 e. The predicted octanol–water partition coefficient (Wildman–Crippen LogP) is 2.77. The first kappa shape index (κ1) is 19.6. The molecular formula is C23H26FN3O2. The van der Waals surface area contributed by atoms with Crippen LogP contribution in [0.2, 0.25) is 0 Å². The van der Waals surface area contributed by atoms with Gasteiger partial charge in [0.25, 0.3) is 5.91 Å². The molecule has 0 N–H and O–H groups in total. The second-order valence-electron chi connectivity index (χ2n) is 7.71. The van der Waals surface area contributed by atoms with E-state index in [1.165, 1.54) is 12.1 Å². The van der Waals surface area contributed by atoms with Crippen LogP contribution in [0.3, 0.4) is 0 Å². The first-order valence-corrected chi connectivity index (χ1v) is 10.2. The van der Waals surface area contributed by atoms with Gasteiger partial charge in [-0.2, -0.15) is 0 Å². The minimum absolute atomic E-state index is 0.118. The van der Waals surface area contributed by atoms with Crippen molar-refractivity contribution in [3.8, 4) is 0 Å². The molecule has 2 heterocycles. The third kappa shape index (κ3) is 4.32. The van der Waals surface area contributed by atoms with Crippen molar-refractivity contribution in [2.75, 3.05) is 32.7 Å². The maximum absolute atomic E-state index is 14.0. The molecule has 0 saturated carbocycles. The number of hydrogen-bond donors (Lipinski definition) is 0. The van der Waals surface area contributed by atoms with E-state index in [0.29, 0.717) is 26.2 Å². The summed E-state index contributed by atoms with van der Waals surface area (Å²) in [6.07, 6.45) is 1.59. The Morgan fingerprint density at radius 3 is 2.48 bits per heavy atom. The van der Waals surface area contributed by atoms with Crippen LogP contribution in [0, 0.1) is 5.82 Å². The van der Waals surface area contributed by atoms with Gasteiger partial charge in [-0.1, -0.05) is 42.5 Å². The van der Waals surface area contributed by atoms with Gasteiger partial charge in [-0.15, -0.1) is 0 Å². The molecule has 0 aromatic heterocycles. The second-order valence-corrected chi connectivity index (χ2v) is 7.71. The lowest BCUT2D eigenvalue weighted by molar-refractivity contribution is -0.132. The fourth-order valence-electron chi connectivity index (χ4n) is 4.28. The van der Waals surface area contributed by atoms with Crippen LogP contribution in [0.4, 0.5) is 4.39 Å². The number of carbonyl (C=O) groups is 2. The van der Waals surface area contributed by atoms with Gasteiger partial charge in [-0.25, -0.2) is 4.39 Å². The Balaban J connectivity index is 1.37. The Kier molecular flexibility index (Phi) is 5.90. The van der Waals surface area contributed by atoms with Gasteiger partial charge in [0, 0.05) is 39.3 Å². The number of likely N-dealkylation sites (tertiary alicyclic amines) is 1. The number of halogens is 1. The highest BCUT2D eigenvalue weighted by Gasteiger charge is 2.36. The molecule has 2 aromatic rings. The molecule has 6 heteroatoms. The molecular weight excluding hydrogens is 369 g/mol. The fourth-order valence-corrected chi connectivity index (χ4v) is 4.28. The van der Waals surface area contributed by atoms with Crippen LogP contribution < -0.4 is 0 Å². The zero-order valence-corrected chi connectivity index (χ0v) is 16.5. The van der Waals surface area contributed by atoms with Crippen LogP contribution in [0.5, 0.6) is 0 Å². The van der Waals surface area contributed by atoms with Gasteiger partial charge in [0.15, 0.2) is 0 Å². The predicted molar refractivity (Wildman–Crippen MR) is 109 cm³/mol. The van der Waals surface area contributed by atoms with Gasteiger partial charge >= 0.3 is 0 Å². The summed E-state index contributed by atoms with van der Waals surface area (Å²) in [4.78, 5) is 31.5. The van der Waals surface area contributed by atoms with Gasteiger partial charge in [0.2, 0.25) is 5.91 Å².